The Bertz CT molecular complexity index is 1530. The van der Waals surface area contributed by atoms with Crippen LogP contribution in [0.4, 0.5) is 11.4 Å². The van der Waals surface area contributed by atoms with Crippen molar-refractivity contribution >= 4 is 23.2 Å². The predicted octanol–water partition coefficient (Wildman–Crippen LogP) is 3.72. The van der Waals surface area contributed by atoms with Gasteiger partial charge in [0.15, 0.2) is 5.69 Å². The van der Waals surface area contributed by atoms with E-state index in [0.717, 1.165) is 24.1 Å². The number of benzene rings is 2. The molecular weight excluding hydrogens is 458 g/mol. The molecule has 2 aromatic carbocycles. The number of carbonyl (C=O) groups is 2. The van der Waals surface area contributed by atoms with E-state index in [2.05, 4.69) is 20.5 Å². The van der Waals surface area contributed by atoms with E-state index in [4.69, 9.17) is 4.74 Å². The lowest BCUT2D eigenvalue weighted by Crippen LogP contribution is -2.44. The molecule has 9 heteroatoms. The number of rotatable bonds is 5. The van der Waals surface area contributed by atoms with E-state index in [-0.39, 0.29) is 28.5 Å². The maximum Gasteiger partial charge on any atom is 0.276 e. The van der Waals surface area contributed by atoms with Crippen LogP contribution < -0.4 is 20.5 Å². The fourth-order valence-corrected chi connectivity index (χ4v) is 4.87. The SMILES string of the molecule is COc1ccc(NC(=O)c2n[nH]c3c2C2(CC2)CN(c2ccc(-c4ccc[nH]c4=O)cc2)C3=O)cc1. The number of hydrogen-bond acceptors (Lipinski definition) is 5. The molecule has 4 aromatic rings. The zero-order valence-corrected chi connectivity index (χ0v) is 19.5. The van der Waals surface area contributed by atoms with Crippen LogP contribution in [0.15, 0.2) is 71.7 Å². The molecule has 0 atom stereocenters. The van der Waals surface area contributed by atoms with Crippen LogP contribution in [-0.2, 0) is 5.41 Å². The largest absolute Gasteiger partial charge is 0.497 e. The average Bonchev–Trinajstić information content (AvgIpc) is 3.52. The monoisotopic (exact) mass is 481 g/mol. The molecule has 0 saturated heterocycles. The summed E-state index contributed by atoms with van der Waals surface area (Å²) in [6, 6.07) is 17.9. The van der Waals surface area contributed by atoms with Gasteiger partial charge in [0.2, 0.25) is 0 Å². The number of aromatic amines is 2. The van der Waals surface area contributed by atoms with Crippen molar-refractivity contribution in [3.63, 3.8) is 0 Å². The number of nitrogens with zero attached hydrogens (tertiary/aromatic N) is 2. The Hall–Kier alpha value is -4.66. The molecule has 36 heavy (non-hydrogen) atoms. The number of aromatic nitrogens is 3. The summed E-state index contributed by atoms with van der Waals surface area (Å²) in [5.74, 6) is 0.0998. The van der Waals surface area contributed by atoms with Gasteiger partial charge in [-0.15, -0.1) is 0 Å². The first-order valence-electron chi connectivity index (χ1n) is 11.6. The van der Waals surface area contributed by atoms with Crippen LogP contribution >= 0.6 is 0 Å². The molecule has 0 unspecified atom stereocenters. The molecule has 180 valence electrons. The smallest absolute Gasteiger partial charge is 0.276 e. The summed E-state index contributed by atoms with van der Waals surface area (Å²) in [4.78, 5) is 43.1. The molecule has 1 spiro atoms. The Morgan fingerprint density at radius 2 is 1.81 bits per heavy atom. The normalized spacial score (nSPS) is 15.5. The zero-order chi connectivity index (χ0) is 24.9. The predicted molar refractivity (Wildman–Crippen MR) is 135 cm³/mol. The number of H-pyrrole nitrogens is 2. The lowest BCUT2D eigenvalue weighted by molar-refractivity contribution is 0.0969. The number of amides is 2. The van der Waals surface area contributed by atoms with Crippen molar-refractivity contribution in [2.75, 3.05) is 23.9 Å². The van der Waals surface area contributed by atoms with Gasteiger partial charge in [0.05, 0.1) is 7.11 Å². The van der Waals surface area contributed by atoms with Crippen molar-refractivity contribution in [2.45, 2.75) is 18.3 Å². The second kappa shape index (κ2) is 8.23. The van der Waals surface area contributed by atoms with Crippen LogP contribution in [0.3, 0.4) is 0 Å². The third kappa shape index (κ3) is 3.56. The van der Waals surface area contributed by atoms with Crippen molar-refractivity contribution in [3.05, 3.63) is 94.2 Å². The first-order chi connectivity index (χ1) is 17.5. The van der Waals surface area contributed by atoms with Crippen LogP contribution in [0.2, 0.25) is 0 Å². The first kappa shape index (κ1) is 21.8. The van der Waals surface area contributed by atoms with Crippen molar-refractivity contribution in [1.29, 1.82) is 0 Å². The summed E-state index contributed by atoms with van der Waals surface area (Å²) in [5.41, 5.74) is 3.50. The maximum absolute atomic E-state index is 13.5. The third-order valence-electron chi connectivity index (χ3n) is 6.94. The van der Waals surface area contributed by atoms with Crippen LogP contribution in [0.5, 0.6) is 5.75 Å². The van der Waals surface area contributed by atoms with E-state index >= 15 is 0 Å². The second-order valence-corrected chi connectivity index (χ2v) is 9.14. The summed E-state index contributed by atoms with van der Waals surface area (Å²) < 4.78 is 5.16. The highest BCUT2D eigenvalue weighted by Gasteiger charge is 2.55. The summed E-state index contributed by atoms with van der Waals surface area (Å²) in [6.45, 7) is 0.465. The molecule has 3 heterocycles. The Balaban J connectivity index is 1.28. The van der Waals surface area contributed by atoms with Crippen molar-refractivity contribution in [1.82, 2.24) is 15.2 Å². The van der Waals surface area contributed by atoms with E-state index in [0.29, 0.717) is 34.8 Å². The Morgan fingerprint density at radius 3 is 2.47 bits per heavy atom. The Morgan fingerprint density at radius 1 is 1.06 bits per heavy atom. The molecule has 0 radical (unpaired) electrons. The van der Waals surface area contributed by atoms with Gasteiger partial charge in [0.1, 0.15) is 11.4 Å². The molecule has 1 fully saturated rings. The summed E-state index contributed by atoms with van der Waals surface area (Å²) >= 11 is 0. The molecule has 0 bridgehead atoms. The van der Waals surface area contributed by atoms with Gasteiger partial charge in [-0.2, -0.15) is 5.10 Å². The van der Waals surface area contributed by atoms with Crippen LogP contribution in [0, 0.1) is 0 Å². The number of hydrogen-bond donors (Lipinski definition) is 3. The van der Waals surface area contributed by atoms with Gasteiger partial charge in [-0.05, 0) is 66.9 Å². The number of nitrogens with one attached hydrogen (secondary N) is 3. The third-order valence-corrected chi connectivity index (χ3v) is 6.94. The molecule has 2 amide bonds. The second-order valence-electron chi connectivity index (χ2n) is 9.14. The molecule has 3 N–H and O–H groups in total. The molecule has 2 aromatic heterocycles. The van der Waals surface area contributed by atoms with E-state index in [1.165, 1.54) is 0 Å². The molecule has 1 aliphatic carbocycles. The van der Waals surface area contributed by atoms with E-state index in [9.17, 15) is 14.4 Å². The number of methoxy groups -OCH3 is 1. The Kier molecular flexibility index (Phi) is 4.99. The van der Waals surface area contributed by atoms with Crippen molar-refractivity contribution < 1.29 is 14.3 Å². The molecule has 1 aliphatic heterocycles. The van der Waals surface area contributed by atoms with Crippen molar-refractivity contribution in [2.24, 2.45) is 0 Å². The molecule has 9 nitrogen and oxygen atoms in total. The quantitative estimate of drug-likeness (QED) is 0.401. The van der Waals surface area contributed by atoms with Crippen LogP contribution in [0.1, 0.15) is 39.4 Å². The molecular formula is C27H23N5O4. The molecule has 6 rings (SSSR count). The highest BCUT2D eigenvalue weighted by Crippen LogP contribution is 2.53. The van der Waals surface area contributed by atoms with Gasteiger partial charge in [0.25, 0.3) is 17.4 Å². The number of carbonyl (C=O) groups excluding carboxylic acids is 2. The minimum Gasteiger partial charge on any atom is -0.497 e. The van der Waals surface area contributed by atoms with Crippen molar-refractivity contribution in [3.8, 4) is 16.9 Å². The number of pyridine rings is 1. The van der Waals surface area contributed by atoms with Crippen LogP contribution in [0.25, 0.3) is 11.1 Å². The van der Waals surface area contributed by atoms with E-state index in [1.807, 2.05) is 24.3 Å². The van der Waals surface area contributed by atoms with Gasteiger partial charge in [-0.25, -0.2) is 0 Å². The maximum atomic E-state index is 13.5. The highest BCUT2D eigenvalue weighted by molar-refractivity contribution is 6.12. The topological polar surface area (TPSA) is 120 Å². The summed E-state index contributed by atoms with van der Waals surface area (Å²) in [6.07, 6.45) is 3.32. The number of anilines is 2. The fourth-order valence-electron chi connectivity index (χ4n) is 4.87. The average molecular weight is 482 g/mol. The van der Waals surface area contributed by atoms with Gasteiger partial charge in [-0.1, -0.05) is 12.1 Å². The Labute approximate surface area is 206 Å². The minimum atomic E-state index is -0.359. The summed E-state index contributed by atoms with van der Waals surface area (Å²) in [5, 5.41) is 9.96. The van der Waals surface area contributed by atoms with Crippen LogP contribution in [-0.4, -0.2) is 40.7 Å². The van der Waals surface area contributed by atoms with Gasteiger partial charge in [-0.3, -0.25) is 19.5 Å². The zero-order valence-electron chi connectivity index (χ0n) is 19.5. The van der Waals surface area contributed by atoms with E-state index in [1.54, 1.807) is 54.6 Å². The number of fused-ring (bicyclic) bond motifs is 2. The fraction of sp³-hybridized carbons (Fsp3) is 0.185. The highest BCUT2D eigenvalue weighted by atomic mass is 16.5. The minimum absolute atomic E-state index is 0.168. The first-order valence-corrected chi connectivity index (χ1v) is 11.6. The molecule has 1 saturated carbocycles. The van der Waals surface area contributed by atoms with Gasteiger partial charge >= 0.3 is 0 Å². The van der Waals surface area contributed by atoms with Gasteiger partial charge in [0, 0.05) is 40.7 Å². The molecule has 2 aliphatic rings. The lowest BCUT2D eigenvalue weighted by Gasteiger charge is -2.33. The van der Waals surface area contributed by atoms with Gasteiger partial charge < -0.3 is 19.9 Å². The lowest BCUT2D eigenvalue weighted by atomic mass is 9.88. The summed E-state index contributed by atoms with van der Waals surface area (Å²) in [7, 11) is 1.58. The van der Waals surface area contributed by atoms with E-state index < -0.39 is 0 Å². The standard InChI is InChI=1S/C27H23N5O4/c1-36-19-10-6-17(7-11-19)29-25(34)22-21-23(31-30-22)26(35)32(15-27(21)12-13-27)18-8-4-16(5-9-18)20-3-2-14-28-24(20)33/h2-11,14H,12-13,15H2,1H3,(H,28,33)(H,29,34)(H,30,31). The number of ether oxygens (including phenoxy) is 1.